The minimum atomic E-state index is -0.185. The predicted octanol–water partition coefficient (Wildman–Crippen LogP) is 6.18. The van der Waals surface area contributed by atoms with Crippen LogP contribution >= 0.6 is 0 Å². The zero-order chi connectivity index (χ0) is 25.3. The molecule has 4 aromatic rings. The van der Waals surface area contributed by atoms with Crippen molar-refractivity contribution in [1.82, 2.24) is 14.5 Å². The minimum absolute atomic E-state index is 0.0184. The van der Waals surface area contributed by atoms with Gasteiger partial charge in [-0.2, -0.15) is 0 Å². The fraction of sp³-hybridized carbons (Fsp3) is 0.290. The highest BCUT2D eigenvalue weighted by molar-refractivity contribution is 5.94. The second-order valence-corrected chi connectivity index (χ2v) is 9.30. The quantitative estimate of drug-likeness (QED) is 0.279. The molecule has 0 bridgehead atoms. The van der Waals surface area contributed by atoms with Gasteiger partial charge >= 0.3 is 0 Å². The summed E-state index contributed by atoms with van der Waals surface area (Å²) in [6.45, 7) is 6.18. The van der Waals surface area contributed by atoms with E-state index in [1.165, 1.54) is 5.56 Å². The second-order valence-electron chi connectivity index (χ2n) is 9.30. The Kier molecular flexibility index (Phi) is 8.69. The molecule has 0 radical (unpaired) electrons. The van der Waals surface area contributed by atoms with Gasteiger partial charge in [-0.25, -0.2) is 4.98 Å². The summed E-state index contributed by atoms with van der Waals surface area (Å²) in [5.41, 5.74) is 9.78. The first-order valence-electron chi connectivity index (χ1n) is 12.8. The van der Waals surface area contributed by atoms with Crippen LogP contribution in [0.5, 0.6) is 0 Å². The summed E-state index contributed by atoms with van der Waals surface area (Å²) < 4.78 is 2.22. The maximum Gasteiger partial charge on any atom is 0.254 e. The van der Waals surface area contributed by atoms with E-state index in [4.69, 9.17) is 10.7 Å². The number of rotatable bonds is 11. The average molecular weight is 481 g/mol. The summed E-state index contributed by atoms with van der Waals surface area (Å²) in [7, 11) is 0. The lowest BCUT2D eigenvalue weighted by molar-refractivity contribution is 0.0590. The second kappa shape index (κ2) is 12.3. The Morgan fingerprint density at radius 3 is 2.17 bits per heavy atom. The zero-order valence-electron chi connectivity index (χ0n) is 21.3. The number of hydrogen-bond donors (Lipinski definition) is 1. The molecule has 5 heteroatoms. The molecule has 1 amide bonds. The molecule has 1 aromatic heterocycles. The van der Waals surface area contributed by atoms with Crippen molar-refractivity contribution in [3.05, 3.63) is 114 Å². The Labute approximate surface area is 214 Å². The number of hydrogen-bond acceptors (Lipinski definition) is 3. The van der Waals surface area contributed by atoms with Crippen LogP contribution in [-0.2, 0) is 6.54 Å². The molecule has 0 aliphatic carbocycles. The van der Waals surface area contributed by atoms with Crippen LogP contribution in [0.15, 0.2) is 97.2 Å². The summed E-state index contributed by atoms with van der Waals surface area (Å²) in [4.78, 5) is 21.1. The highest BCUT2D eigenvalue weighted by atomic mass is 16.2. The van der Waals surface area contributed by atoms with Gasteiger partial charge in [-0.15, -0.1) is 0 Å². The summed E-state index contributed by atoms with van der Waals surface area (Å²) in [5, 5.41) is 0. The summed E-state index contributed by atoms with van der Waals surface area (Å²) in [6.07, 6.45) is 3.78. The number of carbonyl (C=O) groups excluding carboxylic acids is 1. The first kappa shape index (κ1) is 25.4. The number of aromatic nitrogens is 2. The molecule has 0 aliphatic rings. The molecular formula is C31H36N4O. The predicted molar refractivity (Wildman–Crippen MR) is 147 cm³/mol. The Bertz CT molecular complexity index is 1220. The van der Waals surface area contributed by atoms with Crippen LogP contribution in [-0.4, -0.2) is 33.4 Å². The maximum atomic E-state index is 13.9. The normalized spacial score (nSPS) is 12.8. The van der Waals surface area contributed by atoms with Crippen LogP contribution in [0.25, 0.3) is 11.3 Å². The van der Waals surface area contributed by atoms with Crippen molar-refractivity contribution in [3.8, 4) is 11.3 Å². The van der Waals surface area contributed by atoms with Crippen molar-refractivity contribution in [3.63, 3.8) is 0 Å². The van der Waals surface area contributed by atoms with Crippen LogP contribution in [0.3, 0.4) is 0 Å². The first-order chi connectivity index (χ1) is 17.6. The van der Waals surface area contributed by atoms with Crippen LogP contribution in [0.1, 0.15) is 54.5 Å². The molecule has 0 aliphatic heterocycles. The van der Waals surface area contributed by atoms with E-state index in [2.05, 4.69) is 61.0 Å². The van der Waals surface area contributed by atoms with Crippen molar-refractivity contribution >= 4 is 5.91 Å². The van der Waals surface area contributed by atoms with E-state index < -0.39 is 0 Å². The summed E-state index contributed by atoms with van der Waals surface area (Å²) in [6, 6.07) is 30.0. The summed E-state index contributed by atoms with van der Waals surface area (Å²) in [5.74, 6) is 1.13. The Balaban J connectivity index is 1.84. The van der Waals surface area contributed by atoms with Gasteiger partial charge in [-0.3, -0.25) is 4.79 Å². The molecule has 0 saturated heterocycles. The van der Waals surface area contributed by atoms with E-state index in [9.17, 15) is 4.79 Å². The van der Waals surface area contributed by atoms with E-state index in [-0.39, 0.29) is 17.9 Å². The van der Waals surface area contributed by atoms with Gasteiger partial charge in [-0.05, 0) is 36.6 Å². The maximum absolute atomic E-state index is 13.9. The lowest BCUT2D eigenvalue weighted by Crippen LogP contribution is -2.40. The first-order valence-corrected chi connectivity index (χ1v) is 12.8. The third kappa shape index (κ3) is 5.92. The molecule has 0 fully saturated rings. The van der Waals surface area contributed by atoms with Crippen molar-refractivity contribution in [2.45, 2.75) is 39.3 Å². The molecule has 2 atom stereocenters. The topological polar surface area (TPSA) is 64.2 Å². The number of nitrogens with two attached hydrogens (primary N) is 1. The number of imidazole rings is 1. The third-order valence-electron chi connectivity index (χ3n) is 6.74. The SMILES string of the molecule is CC[C@@H](C)C(c1nc(-c2ccccc2)cn1Cc1ccccc1)N(CCCN)C(=O)c1ccccc1. The van der Waals surface area contributed by atoms with Gasteiger partial charge in [-0.1, -0.05) is 99.1 Å². The van der Waals surface area contributed by atoms with Gasteiger partial charge in [0, 0.05) is 30.4 Å². The average Bonchev–Trinajstić information content (AvgIpc) is 3.34. The highest BCUT2D eigenvalue weighted by Crippen LogP contribution is 2.34. The third-order valence-corrected chi connectivity index (χ3v) is 6.74. The van der Waals surface area contributed by atoms with E-state index in [1.54, 1.807) is 0 Å². The van der Waals surface area contributed by atoms with Crippen molar-refractivity contribution in [1.29, 1.82) is 0 Å². The van der Waals surface area contributed by atoms with Crippen LogP contribution in [0, 0.1) is 5.92 Å². The Morgan fingerprint density at radius 1 is 0.944 bits per heavy atom. The number of carbonyl (C=O) groups is 1. The van der Waals surface area contributed by atoms with Gasteiger partial charge < -0.3 is 15.2 Å². The van der Waals surface area contributed by atoms with Gasteiger partial charge in [0.25, 0.3) is 5.91 Å². The molecular weight excluding hydrogens is 444 g/mol. The molecule has 1 heterocycles. The molecule has 36 heavy (non-hydrogen) atoms. The van der Waals surface area contributed by atoms with Gasteiger partial charge in [0.2, 0.25) is 0 Å². The number of nitrogens with zero attached hydrogens (tertiary/aromatic N) is 3. The standard InChI is InChI=1S/C31H36N4O/c1-3-24(2)29(35(21-13-20-32)31(36)27-18-11-6-12-19-27)30-33-28(26-16-9-5-10-17-26)23-34(30)22-25-14-7-4-8-15-25/h4-12,14-19,23-24,29H,3,13,20-22,32H2,1-2H3/t24-,29?/m1/s1. The summed E-state index contributed by atoms with van der Waals surface area (Å²) >= 11 is 0. The van der Waals surface area contributed by atoms with Gasteiger partial charge in [0.15, 0.2) is 0 Å². The highest BCUT2D eigenvalue weighted by Gasteiger charge is 2.33. The van der Waals surface area contributed by atoms with Crippen molar-refractivity contribution in [2.24, 2.45) is 11.7 Å². The van der Waals surface area contributed by atoms with E-state index in [0.717, 1.165) is 29.9 Å². The molecule has 1 unspecified atom stereocenters. The van der Waals surface area contributed by atoms with Crippen LogP contribution < -0.4 is 5.73 Å². The molecule has 0 saturated carbocycles. The molecule has 2 N–H and O–H groups in total. The van der Waals surface area contributed by atoms with Crippen LogP contribution in [0.4, 0.5) is 0 Å². The van der Waals surface area contributed by atoms with Gasteiger partial charge in [0.1, 0.15) is 5.82 Å². The lowest BCUT2D eigenvalue weighted by Gasteiger charge is -2.35. The van der Waals surface area contributed by atoms with E-state index in [1.807, 2.05) is 59.5 Å². The molecule has 4 rings (SSSR count). The molecule has 0 spiro atoms. The Morgan fingerprint density at radius 2 is 1.56 bits per heavy atom. The monoisotopic (exact) mass is 480 g/mol. The minimum Gasteiger partial charge on any atom is -0.330 e. The fourth-order valence-corrected chi connectivity index (χ4v) is 4.62. The lowest BCUT2D eigenvalue weighted by atomic mass is 9.95. The smallest absolute Gasteiger partial charge is 0.254 e. The Hall–Kier alpha value is -3.70. The van der Waals surface area contributed by atoms with Crippen molar-refractivity contribution < 1.29 is 4.79 Å². The molecule has 5 nitrogen and oxygen atoms in total. The van der Waals surface area contributed by atoms with E-state index in [0.29, 0.717) is 25.2 Å². The zero-order valence-corrected chi connectivity index (χ0v) is 21.3. The number of amides is 1. The fourth-order valence-electron chi connectivity index (χ4n) is 4.62. The number of benzene rings is 3. The molecule has 186 valence electrons. The van der Waals surface area contributed by atoms with E-state index >= 15 is 0 Å². The van der Waals surface area contributed by atoms with Crippen molar-refractivity contribution in [2.75, 3.05) is 13.1 Å². The van der Waals surface area contributed by atoms with Crippen LogP contribution in [0.2, 0.25) is 0 Å². The van der Waals surface area contributed by atoms with Gasteiger partial charge in [0.05, 0.1) is 11.7 Å². The molecule has 3 aromatic carbocycles. The largest absolute Gasteiger partial charge is 0.330 e.